The zero-order chi connectivity index (χ0) is 13.4. The molecule has 2 aromatic rings. The number of hydrogen-bond donors (Lipinski definition) is 1. The third-order valence-corrected chi connectivity index (χ3v) is 3.97. The third kappa shape index (κ3) is 1.97. The van der Waals surface area contributed by atoms with E-state index in [9.17, 15) is 9.59 Å². The first kappa shape index (κ1) is 12.6. The van der Waals surface area contributed by atoms with Crippen LogP contribution in [0, 0.1) is 13.8 Å². The average molecular weight is 267 g/mol. The van der Waals surface area contributed by atoms with E-state index in [4.69, 9.17) is 5.11 Å². The highest BCUT2D eigenvalue weighted by Gasteiger charge is 2.17. The van der Waals surface area contributed by atoms with Crippen molar-refractivity contribution < 1.29 is 9.90 Å². The SMILES string of the molecule is Cc1sc(=O)n(Cc2c(C(=O)O)cnn2C)c1C. The van der Waals surface area contributed by atoms with Crippen molar-refractivity contribution in [1.82, 2.24) is 14.3 Å². The number of carbonyl (C=O) groups is 1. The van der Waals surface area contributed by atoms with Crippen molar-refractivity contribution in [3.05, 3.63) is 37.7 Å². The minimum atomic E-state index is -1.03. The zero-order valence-electron chi connectivity index (χ0n) is 10.3. The molecular formula is C11H13N3O3S. The topological polar surface area (TPSA) is 77.1 Å². The van der Waals surface area contributed by atoms with Gasteiger partial charge in [0.05, 0.1) is 18.4 Å². The second-order valence-electron chi connectivity index (χ2n) is 4.03. The van der Waals surface area contributed by atoms with Crippen molar-refractivity contribution in [3.63, 3.8) is 0 Å². The fourth-order valence-electron chi connectivity index (χ4n) is 1.75. The molecule has 0 fully saturated rings. The molecule has 0 aliphatic heterocycles. The van der Waals surface area contributed by atoms with Gasteiger partial charge in [-0.25, -0.2) is 4.79 Å². The molecule has 1 N–H and O–H groups in total. The molecule has 2 heterocycles. The van der Waals surface area contributed by atoms with Gasteiger partial charge >= 0.3 is 10.8 Å². The molecule has 0 aromatic carbocycles. The monoisotopic (exact) mass is 267 g/mol. The largest absolute Gasteiger partial charge is 0.478 e. The lowest BCUT2D eigenvalue weighted by Gasteiger charge is -2.06. The highest BCUT2D eigenvalue weighted by molar-refractivity contribution is 7.09. The first-order chi connectivity index (χ1) is 8.41. The number of rotatable bonds is 3. The Hall–Kier alpha value is -1.89. The summed E-state index contributed by atoms with van der Waals surface area (Å²) in [4.78, 5) is 23.7. The first-order valence-corrected chi connectivity index (χ1v) is 6.14. The number of carboxylic acid groups (broad SMARTS) is 1. The molecule has 0 bridgehead atoms. The Morgan fingerprint density at radius 2 is 2.17 bits per heavy atom. The summed E-state index contributed by atoms with van der Waals surface area (Å²) >= 11 is 1.17. The Morgan fingerprint density at radius 1 is 1.50 bits per heavy atom. The lowest BCUT2D eigenvalue weighted by atomic mass is 10.2. The second-order valence-corrected chi connectivity index (χ2v) is 5.20. The van der Waals surface area contributed by atoms with Crippen LogP contribution >= 0.6 is 11.3 Å². The normalized spacial score (nSPS) is 10.8. The van der Waals surface area contributed by atoms with Crippen LogP contribution in [0.5, 0.6) is 0 Å². The maximum atomic E-state index is 11.8. The molecule has 0 saturated carbocycles. The summed E-state index contributed by atoms with van der Waals surface area (Å²) in [6, 6.07) is 0. The predicted octanol–water partition coefficient (Wildman–Crippen LogP) is 1.01. The molecule has 0 unspecified atom stereocenters. The molecule has 0 saturated heterocycles. The average Bonchev–Trinajstić information content (AvgIpc) is 2.76. The summed E-state index contributed by atoms with van der Waals surface area (Å²) in [5.41, 5.74) is 1.51. The van der Waals surface area contributed by atoms with Crippen LogP contribution in [-0.2, 0) is 13.6 Å². The summed E-state index contributed by atoms with van der Waals surface area (Å²) < 4.78 is 3.06. The van der Waals surface area contributed by atoms with Gasteiger partial charge < -0.3 is 5.11 Å². The van der Waals surface area contributed by atoms with Crippen molar-refractivity contribution >= 4 is 17.3 Å². The Labute approximate surface area is 107 Å². The van der Waals surface area contributed by atoms with Gasteiger partial charge in [-0.2, -0.15) is 5.10 Å². The van der Waals surface area contributed by atoms with Crippen LogP contribution in [-0.4, -0.2) is 25.4 Å². The highest BCUT2D eigenvalue weighted by Crippen LogP contribution is 2.14. The van der Waals surface area contributed by atoms with E-state index in [1.165, 1.54) is 22.2 Å². The van der Waals surface area contributed by atoms with Gasteiger partial charge in [-0.1, -0.05) is 11.3 Å². The van der Waals surface area contributed by atoms with Gasteiger partial charge in [-0.05, 0) is 13.8 Å². The molecule has 18 heavy (non-hydrogen) atoms. The van der Waals surface area contributed by atoms with Crippen molar-refractivity contribution in [2.45, 2.75) is 20.4 Å². The smallest absolute Gasteiger partial charge is 0.339 e. The van der Waals surface area contributed by atoms with Crippen molar-refractivity contribution in [1.29, 1.82) is 0 Å². The lowest BCUT2D eigenvalue weighted by Crippen LogP contribution is -2.19. The van der Waals surface area contributed by atoms with Crippen LogP contribution < -0.4 is 4.87 Å². The molecule has 6 nitrogen and oxygen atoms in total. The number of nitrogens with zero attached hydrogens (tertiary/aromatic N) is 3. The molecule has 0 aliphatic carbocycles. The Kier molecular flexibility index (Phi) is 3.08. The van der Waals surface area contributed by atoms with Crippen molar-refractivity contribution in [3.8, 4) is 0 Å². The van der Waals surface area contributed by atoms with Crippen LogP contribution in [0.25, 0.3) is 0 Å². The standard InChI is InChI=1S/C11H13N3O3S/c1-6-7(2)18-11(17)14(6)5-9-8(10(15)16)4-12-13(9)3/h4H,5H2,1-3H3,(H,15,16). The molecule has 0 spiro atoms. The van der Waals surface area contributed by atoms with E-state index in [0.717, 1.165) is 10.6 Å². The number of aromatic nitrogens is 3. The number of thiazole rings is 1. The van der Waals surface area contributed by atoms with Gasteiger partial charge in [0, 0.05) is 17.6 Å². The summed E-state index contributed by atoms with van der Waals surface area (Å²) in [5, 5.41) is 13.0. The van der Waals surface area contributed by atoms with E-state index in [2.05, 4.69) is 5.10 Å². The summed E-state index contributed by atoms with van der Waals surface area (Å²) in [5.74, 6) is -1.03. The molecule has 96 valence electrons. The number of aromatic carboxylic acids is 1. The van der Waals surface area contributed by atoms with E-state index >= 15 is 0 Å². The lowest BCUT2D eigenvalue weighted by molar-refractivity contribution is 0.0695. The van der Waals surface area contributed by atoms with Crippen LogP contribution in [0.15, 0.2) is 11.0 Å². The molecule has 0 amide bonds. The maximum Gasteiger partial charge on any atom is 0.339 e. The summed E-state index contributed by atoms with van der Waals surface area (Å²) in [6.45, 7) is 3.95. The van der Waals surface area contributed by atoms with E-state index in [1.807, 2.05) is 13.8 Å². The fraction of sp³-hybridized carbons (Fsp3) is 0.364. The van der Waals surface area contributed by atoms with Gasteiger partial charge in [0.2, 0.25) is 0 Å². The van der Waals surface area contributed by atoms with E-state index in [0.29, 0.717) is 5.69 Å². The third-order valence-electron chi connectivity index (χ3n) is 2.98. The Morgan fingerprint density at radius 3 is 2.67 bits per heavy atom. The zero-order valence-corrected chi connectivity index (χ0v) is 11.1. The van der Waals surface area contributed by atoms with Crippen LogP contribution in [0.4, 0.5) is 0 Å². The molecule has 2 rings (SSSR count). The predicted molar refractivity (Wildman–Crippen MR) is 67.3 cm³/mol. The van der Waals surface area contributed by atoms with E-state index in [-0.39, 0.29) is 17.0 Å². The molecular weight excluding hydrogens is 254 g/mol. The Balaban J connectivity index is 2.49. The first-order valence-electron chi connectivity index (χ1n) is 5.32. The molecule has 0 atom stereocenters. The molecule has 7 heteroatoms. The minimum absolute atomic E-state index is 0.0810. The van der Waals surface area contributed by atoms with Crippen LogP contribution in [0.2, 0.25) is 0 Å². The minimum Gasteiger partial charge on any atom is -0.478 e. The Bertz CT molecular complexity index is 666. The molecule has 0 radical (unpaired) electrons. The summed E-state index contributed by atoms with van der Waals surface area (Å²) in [6.07, 6.45) is 1.30. The van der Waals surface area contributed by atoms with Gasteiger partial charge in [-0.15, -0.1) is 0 Å². The molecule has 0 aliphatic rings. The van der Waals surface area contributed by atoms with E-state index < -0.39 is 5.97 Å². The van der Waals surface area contributed by atoms with Gasteiger partial charge in [0.15, 0.2) is 0 Å². The quantitative estimate of drug-likeness (QED) is 0.900. The number of carboxylic acids is 1. The number of hydrogen-bond acceptors (Lipinski definition) is 4. The van der Waals surface area contributed by atoms with Crippen molar-refractivity contribution in [2.75, 3.05) is 0 Å². The highest BCUT2D eigenvalue weighted by atomic mass is 32.1. The fourth-order valence-corrected chi connectivity index (χ4v) is 2.58. The number of aryl methyl sites for hydroxylation is 2. The summed E-state index contributed by atoms with van der Waals surface area (Å²) in [7, 11) is 1.67. The van der Waals surface area contributed by atoms with E-state index in [1.54, 1.807) is 11.6 Å². The van der Waals surface area contributed by atoms with Gasteiger partial charge in [-0.3, -0.25) is 14.0 Å². The molecule has 2 aromatic heterocycles. The van der Waals surface area contributed by atoms with Crippen molar-refractivity contribution in [2.24, 2.45) is 7.05 Å². The maximum absolute atomic E-state index is 11.8. The second kappa shape index (κ2) is 4.41. The van der Waals surface area contributed by atoms with Crippen LogP contribution in [0.3, 0.4) is 0 Å². The van der Waals surface area contributed by atoms with Crippen LogP contribution in [0.1, 0.15) is 26.6 Å². The van der Waals surface area contributed by atoms with Gasteiger partial charge in [0.1, 0.15) is 5.56 Å². The van der Waals surface area contributed by atoms with Gasteiger partial charge in [0.25, 0.3) is 0 Å².